The molecule has 0 aromatic heterocycles. The predicted molar refractivity (Wildman–Crippen MR) is 80.0 cm³/mol. The summed E-state index contributed by atoms with van der Waals surface area (Å²) in [6.45, 7) is 1.12. The zero-order valence-electron chi connectivity index (χ0n) is 11.5. The molecule has 0 aliphatic carbocycles. The molecule has 0 heterocycles. The lowest BCUT2D eigenvalue weighted by Crippen LogP contribution is -2.27. The third-order valence-corrected chi connectivity index (χ3v) is 2.85. The number of nitrogens with one attached hydrogen (secondary N) is 1. The fraction of sp³-hybridized carbons (Fsp3) is 0.333. The van der Waals surface area contributed by atoms with Crippen LogP contribution in [-0.4, -0.2) is 30.3 Å². The summed E-state index contributed by atoms with van der Waals surface area (Å²) in [4.78, 5) is 13.6. The minimum Gasteiger partial charge on any atom is -0.375 e. The molecule has 0 bridgehead atoms. The van der Waals surface area contributed by atoms with Crippen molar-refractivity contribution in [3.05, 3.63) is 47.7 Å². The maximum absolute atomic E-state index is 11.8. The third kappa shape index (κ3) is 5.77. The summed E-state index contributed by atoms with van der Waals surface area (Å²) in [6.07, 6.45) is 2.24. The van der Waals surface area contributed by atoms with Crippen LogP contribution in [0.25, 0.3) is 0 Å². The number of halogens is 1. The number of nitriles is 1. The molecule has 5 heteroatoms. The summed E-state index contributed by atoms with van der Waals surface area (Å²) in [6, 6.07) is 11.8. The van der Waals surface area contributed by atoms with Crippen molar-refractivity contribution in [2.45, 2.75) is 13.0 Å². The van der Waals surface area contributed by atoms with Crippen LogP contribution < -0.4 is 5.32 Å². The van der Waals surface area contributed by atoms with Crippen molar-refractivity contribution in [2.24, 2.45) is 0 Å². The first-order valence-corrected chi connectivity index (χ1v) is 6.91. The lowest BCUT2D eigenvalue weighted by molar-refractivity contribution is -0.117. The Labute approximate surface area is 124 Å². The van der Waals surface area contributed by atoms with E-state index < -0.39 is 0 Å². The van der Waals surface area contributed by atoms with Crippen molar-refractivity contribution in [3.8, 4) is 6.07 Å². The standard InChI is InChI=1S/C15H18ClN3O/c1-19(11-13-6-3-2-4-7-13)12-14(10-17)15(20)18-9-5-8-16/h2-4,6-7,12H,5,8-9,11H2,1H3,(H,18,20)/b14-12-. The van der Waals surface area contributed by atoms with Gasteiger partial charge in [0.25, 0.3) is 5.91 Å². The average molecular weight is 292 g/mol. The van der Waals surface area contributed by atoms with Gasteiger partial charge < -0.3 is 10.2 Å². The molecule has 0 unspecified atom stereocenters. The first kappa shape index (κ1) is 16.1. The molecule has 1 N–H and O–H groups in total. The zero-order valence-corrected chi connectivity index (χ0v) is 12.2. The van der Waals surface area contributed by atoms with E-state index in [9.17, 15) is 4.79 Å². The van der Waals surface area contributed by atoms with Gasteiger partial charge in [-0.05, 0) is 12.0 Å². The van der Waals surface area contributed by atoms with Crippen LogP contribution in [0.2, 0.25) is 0 Å². The van der Waals surface area contributed by atoms with E-state index in [1.54, 1.807) is 6.20 Å². The van der Waals surface area contributed by atoms with Crippen LogP contribution in [0, 0.1) is 11.3 Å². The predicted octanol–water partition coefficient (Wildman–Crippen LogP) is 2.27. The number of alkyl halides is 1. The largest absolute Gasteiger partial charge is 0.375 e. The van der Waals surface area contributed by atoms with E-state index in [1.165, 1.54) is 0 Å². The Kier molecular flexibility index (Phi) is 7.23. The normalized spacial score (nSPS) is 10.8. The minimum atomic E-state index is -0.363. The smallest absolute Gasteiger partial charge is 0.263 e. The van der Waals surface area contributed by atoms with E-state index >= 15 is 0 Å². The fourth-order valence-corrected chi connectivity index (χ4v) is 1.77. The van der Waals surface area contributed by atoms with E-state index in [0.29, 0.717) is 25.4 Å². The fourth-order valence-electron chi connectivity index (χ4n) is 1.64. The highest BCUT2D eigenvalue weighted by Gasteiger charge is 2.09. The first-order valence-electron chi connectivity index (χ1n) is 6.37. The van der Waals surface area contributed by atoms with Gasteiger partial charge in [0.15, 0.2) is 0 Å². The van der Waals surface area contributed by atoms with Crippen molar-refractivity contribution < 1.29 is 4.79 Å². The van der Waals surface area contributed by atoms with Gasteiger partial charge in [-0.15, -0.1) is 11.6 Å². The summed E-state index contributed by atoms with van der Waals surface area (Å²) < 4.78 is 0. The van der Waals surface area contributed by atoms with Crippen molar-refractivity contribution in [2.75, 3.05) is 19.5 Å². The van der Waals surface area contributed by atoms with E-state index in [-0.39, 0.29) is 11.5 Å². The second kappa shape index (κ2) is 9.00. The first-order chi connectivity index (χ1) is 9.67. The molecule has 0 saturated carbocycles. The molecule has 106 valence electrons. The van der Waals surface area contributed by atoms with Crippen molar-refractivity contribution >= 4 is 17.5 Å². The lowest BCUT2D eigenvalue weighted by Gasteiger charge is -2.14. The van der Waals surface area contributed by atoms with Gasteiger partial charge >= 0.3 is 0 Å². The monoisotopic (exact) mass is 291 g/mol. The highest BCUT2D eigenvalue weighted by molar-refractivity contribution is 6.17. The van der Waals surface area contributed by atoms with Crippen molar-refractivity contribution in [3.63, 3.8) is 0 Å². The second-order valence-electron chi connectivity index (χ2n) is 4.35. The molecule has 1 rings (SSSR count). The SMILES string of the molecule is CN(/C=C(/C#N)C(=O)NCCCCl)Cc1ccccc1. The van der Waals surface area contributed by atoms with E-state index in [0.717, 1.165) is 5.56 Å². The molecule has 1 aromatic carbocycles. The minimum absolute atomic E-state index is 0.0954. The molecular weight excluding hydrogens is 274 g/mol. The molecule has 1 aromatic rings. The Bertz CT molecular complexity index is 494. The number of rotatable bonds is 7. The molecule has 4 nitrogen and oxygen atoms in total. The number of amides is 1. The molecule has 0 fully saturated rings. The molecule has 0 radical (unpaired) electrons. The Morgan fingerprint density at radius 2 is 2.15 bits per heavy atom. The summed E-state index contributed by atoms with van der Waals surface area (Å²) in [7, 11) is 1.83. The van der Waals surface area contributed by atoms with Gasteiger partial charge in [-0.3, -0.25) is 4.79 Å². The Morgan fingerprint density at radius 1 is 1.45 bits per heavy atom. The third-order valence-electron chi connectivity index (χ3n) is 2.59. The number of benzene rings is 1. The number of hydrogen-bond acceptors (Lipinski definition) is 3. The Balaban J connectivity index is 2.59. The summed E-state index contributed by atoms with van der Waals surface area (Å²) in [5, 5.41) is 11.7. The van der Waals surface area contributed by atoms with Gasteiger partial charge in [0, 0.05) is 32.2 Å². The summed E-state index contributed by atoms with van der Waals surface area (Å²) >= 11 is 5.53. The number of nitrogens with zero attached hydrogens (tertiary/aromatic N) is 2. The van der Waals surface area contributed by atoms with Crippen LogP contribution in [0.3, 0.4) is 0 Å². The zero-order chi connectivity index (χ0) is 14.8. The van der Waals surface area contributed by atoms with Crippen LogP contribution in [0.1, 0.15) is 12.0 Å². The van der Waals surface area contributed by atoms with E-state index in [1.807, 2.05) is 48.3 Å². The summed E-state index contributed by atoms with van der Waals surface area (Å²) in [5.41, 5.74) is 1.21. The average Bonchev–Trinajstić information content (AvgIpc) is 2.46. The Morgan fingerprint density at radius 3 is 2.75 bits per heavy atom. The highest BCUT2D eigenvalue weighted by atomic mass is 35.5. The molecule has 0 atom stereocenters. The quantitative estimate of drug-likeness (QED) is 0.363. The number of carbonyl (C=O) groups excluding carboxylic acids is 1. The summed E-state index contributed by atoms with van der Waals surface area (Å²) in [5.74, 6) is 0.123. The van der Waals surface area contributed by atoms with Gasteiger partial charge in [-0.1, -0.05) is 30.3 Å². The van der Waals surface area contributed by atoms with E-state index in [4.69, 9.17) is 16.9 Å². The number of carbonyl (C=O) groups is 1. The van der Waals surface area contributed by atoms with Crippen molar-refractivity contribution in [1.82, 2.24) is 10.2 Å². The number of hydrogen-bond donors (Lipinski definition) is 1. The molecule has 0 spiro atoms. The van der Waals surface area contributed by atoms with Gasteiger partial charge in [0.2, 0.25) is 0 Å². The maximum atomic E-state index is 11.8. The van der Waals surface area contributed by atoms with Gasteiger partial charge in [-0.2, -0.15) is 5.26 Å². The molecule has 0 aliphatic rings. The Hall–Kier alpha value is -1.99. The van der Waals surface area contributed by atoms with Crippen molar-refractivity contribution in [1.29, 1.82) is 5.26 Å². The van der Waals surface area contributed by atoms with Gasteiger partial charge in [0.05, 0.1) is 0 Å². The van der Waals surface area contributed by atoms with Crippen LogP contribution >= 0.6 is 11.6 Å². The maximum Gasteiger partial charge on any atom is 0.263 e. The van der Waals surface area contributed by atoms with Gasteiger partial charge in [-0.25, -0.2) is 0 Å². The van der Waals surface area contributed by atoms with Crippen LogP contribution in [0.4, 0.5) is 0 Å². The van der Waals surface area contributed by atoms with E-state index in [2.05, 4.69) is 5.32 Å². The van der Waals surface area contributed by atoms with Crippen LogP contribution in [0.5, 0.6) is 0 Å². The molecule has 0 aliphatic heterocycles. The van der Waals surface area contributed by atoms with Crippen LogP contribution in [-0.2, 0) is 11.3 Å². The molecular formula is C15H18ClN3O. The molecule has 20 heavy (non-hydrogen) atoms. The van der Waals surface area contributed by atoms with Gasteiger partial charge in [0.1, 0.15) is 11.6 Å². The van der Waals surface area contributed by atoms with Crippen LogP contribution in [0.15, 0.2) is 42.1 Å². The lowest BCUT2D eigenvalue weighted by atomic mass is 10.2. The molecule has 0 saturated heterocycles. The highest BCUT2D eigenvalue weighted by Crippen LogP contribution is 2.05. The molecule has 1 amide bonds. The topological polar surface area (TPSA) is 56.1 Å². The second-order valence-corrected chi connectivity index (χ2v) is 4.73.